The van der Waals surface area contributed by atoms with Gasteiger partial charge in [0.25, 0.3) is 5.91 Å². The Labute approximate surface area is 159 Å². The Balaban J connectivity index is 1.71. The van der Waals surface area contributed by atoms with Gasteiger partial charge in [0, 0.05) is 0 Å². The van der Waals surface area contributed by atoms with Gasteiger partial charge in [-0.2, -0.15) is 0 Å². The number of rotatable bonds is 3. The number of hydrogen-bond donors (Lipinski definition) is 1. The average molecular weight is 378 g/mol. The number of thiocarbonyl (C=S) groups is 1. The van der Waals surface area contributed by atoms with E-state index in [2.05, 4.69) is 45.0 Å². The number of morpholine rings is 1. The molecule has 1 N–H and O–H groups in total. The second-order valence-corrected chi connectivity index (χ2v) is 9.18. The molecule has 0 aromatic heterocycles. The minimum atomic E-state index is 0.0221. The van der Waals surface area contributed by atoms with Crippen LogP contribution >= 0.6 is 24.0 Å². The Hall–Kier alpha value is -1.21. The fourth-order valence-electron chi connectivity index (χ4n) is 2.91. The van der Waals surface area contributed by atoms with Crippen molar-refractivity contribution in [2.24, 2.45) is 0 Å². The van der Waals surface area contributed by atoms with Gasteiger partial charge in [-0.25, -0.2) is 4.90 Å². The molecule has 134 valence electrons. The Morgan fingerprint density at radius 1 is 1.24 bits per heavy atom. The highest BCUT2D eigenvalue weighted by Crippen LogP contribution is 2.32. The van der Waals surface area contributed by atoms with Crippen molar-refractivity contribution in [1.82, 2.24) is 4.90 Å². The maximum absolute atomic E-state index is 12.7. The Morgan fingerprint density at radius 2 is 1.88 bits per heavy atom. The van der Waals surface area contributed by atoms with E-state index in [4.69, 9.17) is 17.0 Å². The second-order valence-electron chi connectivity index (χ2n) is 7.50. The second kappa shape index (κ2) is 7.58. The van der Waals surface area contributed by atoms with Crippen LogP contribution in [-0.4, -0.2) is 48.1 Å². The summed E-state index contributed by atoms with van der Waals surface area (Å²) < 4.78 is 6.03. The lowest BCUT2D eigenvalue weighted by atomic mass is 9.87. The zero-order chi connectivity index (χ0) is 18.0. The molecule has 1 amide bonds. The first kappa shape index (κ1) is 18.6. The normalized spacial score (nSPS) is 21.4. The predicted octanol–water partition coefficient (Wildman–Crippen LogP) is 2.06. The molecule has 1 aromatic carbocycles. The van der Waals surface area contributed by atoms with E-state index >= 15 is 0 Å². The molecule has 25 heavy (non-hydrogen) atoms. The van der Waals surface area contributed by atoms with Crippen LogP contribution in [0.3, 0.4) is 0 Å². The molecule has 4 nitrogen and oxygen atoms in total. The fourth-order valence-corrected chi connectivity index (χ4v) is 4.16. The van der Waals surface area contributed by atoms with Gasteiger partial charge in [0.2, 0.25) is 0 Å². The van der Waals surface area contributed by atoms with E-state index in [0.29, 0.717) is 15.9 Å². The summed E-state index contributed by atoms with van der Waals surface area (Å²) >= 11 is 6.83. The molecule has 0 saturated carbocycles. The number of hydrogen-bond acceptors (Lipinski definition) is 4. The van der Waals surface area contributed by atoms with Crippen molar-refractivity contribution in [2.45, 2.75) is 26.2 Å². The number of nitrogens with one attached hydrogen (secondary N) is 1. The summed E-state index contributed by atoms with van der Waals surface area (Å²) in [5.41, 5.74) is 2.45. The first-order chi connectivity index (χ1) is 11.8. The highest BCUT2D eigenvalue weighted by molar-refractivity contribution is 8.26. The fraction of sp³-hybridized carbons (Fsp3) is 0.474. The molecule has 0 spiro atoms. The van der Waals surface area contributed by atoms with Gasteiger partial charge in [0.15, 0.2) is 11.0 Å². The van der Waals surface area contributed by atoms with Crippen LogP contribution in [0, 0.1) is 0 Å². The van der Waals surface area contributed by atoms with Gasteiger partial charge in [0.05, 0.1) is 18.1 Å². The molecule has 1 aromatic rings. The van der Waals surface area contributed by atoms with Crippen LogP contribution in [0.1, 0.15) is 31.9 Å². The third-order valence-corrected chi connectivity index (χ3v) is 5.91. The third kappa shape index (κ3) is 4.50. The number of amides is 1. The Morgan fingerprint density at radius 3 is 2.48 bits per heavy atom. The van der Waals surface area contributed by atoms with Gasteiger partial charge in [0.1, 0.15) is 13.1 Å². The van der Waals surface area contributed by atoms with Gasteiger partial charge in [-0.1, -0.05) is 69.0 Å². The van der Waals surface area contributed by atoms with E-state index in [1.165, 1.54) is 22.2 Å². The summed E-state index contributed by atoms with van der Waals surface area (Å²) in [5.74, 6) is 0.0221. The molecule has 2 fully saturated rings. The van der Waals surface area contributed by atoms with Crippen LogP contribution in [0.15, 0.2) is 29.2 Å². The molecule has 0 aliphatic carbocycles. The number of nitrogens with zero attached hydrogens (tertiary/aromatic N) is 1. The van der Waals surface area contributed by atoms with Crippen molar-refractivity contribution in [2.75, 3.05) is 33.0 Å². The molecule has 6 heteroatoms. The van der Waals surface area contributed by atoms with E-state index in [-0.39, 0.29) is 11.3 Å². The largest absolute Gasteiger partial charge is 0.370 e. The lowest BCUT2D eigenvalue weighted by Crippen LogP contribution is -3.15. The van der Waals surface area contributed by atoms with Crippen LogP contribution in [0.5, 0.6) is 0 Å². The number of thioether (sulfide) groups is 1. The number of carbonyl (C=O) groups is 1. The van der Waals surface area contributed by atoms with Gasteiger partial charge < -0.3 is 9.64 Å². The maximum atomic E-state index is 12.7. The zero-order valence-corrected chi connectivity index (χ0v) is 16.6. The van der Waals surface area contributed by atoms with Crippen LogP contribution in [0.2, 0.25) is 0 Å². The highest BCUT2D eigenvalue weighted by Gasteiger charge is 2.35. The van der Waals surface area contributed by atoms with E-state index in [1.54, 1.807) is 4.90 Å². The van der Waals surface area contributed by atoms with Crippen molar-refractivity contribution in [3.05, 3.63) is 40.3 Å². The van der Waals surface area contributed by atoms with Crippen LogP contribution < -0.4 is 4.90 Å². The number of benzene rings is 1. The van der Waals surface area contributed by atoms with Crippen LogP contribution in [0.25, 0.3) is 6.08 Å². The van der Waals surface area contributed by atoms with Gasteiger partial charge >= 0.3 is 0 Å². The zero-order valence-electron chi connectivity index (χ0n) is 15.0. The summed E-state index contributed by atoms with van der Waals surface area (Å²) in [7, 11) is 0. The Bertz CT molecular complexity index is 686. The van der Waals surface area contributed by atoms with Crippen LogP contribution in [0.4, 0.5) is 0 Å². The quantitative estimate of drug-likeness (QED) is 0.646. The standard InChI is InChI=1S/C19H24N2O2S2/c1-19(2,3)15-6-4-14(5-7-15)12-16-17(22)21(18(24)25-16)13-20-8-10-23-11-9-20/h4-7,12H,8-11,13H2,1-3H3/p+1/b16-12+. The molecule has 0 radical (unpaired) electrons. The summed E-state index contributed by atoms with van der Waals surface area (Å²) in [4.78, 5) is 16.5. The molecule has 2 aliphatic heterocycles. The summed E-state index contributed by atoms with van der Waals surface area (Å²) in [6.07, 6.45) is 1.94. The number of ether oxygens (including phenoxy) is 1. The van der Waals surface area contributed by atoms with E-state index in [1.807, 2.05) is 6.08 Å². The van der Waals surface area contributed by atoms with Crippen LogP contribution in [-0.2, 0) is 14.9 Å². The first-order valence-corrected chi connectivity index (χ1v) is 9.84. The number of quaternary nitrogens is 1. The molecule has 2 heterocycles. The van der Waals surface area contributed by atoms with Gasteiger partial charge in [-0.05, 0) is 22.6 Å². The van der Waals surface area contributed by atoms with Gasteiger partial charge in [-0.15, -0.1) is 0 Å². The lowest BCUT2D eigenvalue weighted by molar-refractivity contribution is -0.914. The molecule has 3 rings (SSSR count). The minimum Gasteiger partial charge on any atom is -0.370 e. The molecule has 0 unspecified atom stereocenters. The van der Waals surface area contributed by atoms with E-state index < -0.39 is 0 Å². The summed E-state index contributed by atoms with van der Waals surface area (Å²) in [5, 5.41) is 0. The SMILES string of the molecule is CC(C)(C)c1ccc(/C=C2/SC(=S)N(C[NH+]3CCOCC3)C2=O)cc1. The van der Waals surface area contributed by atoms with Crippen molar-refractivity contribution in [1.29, 1.82) is 0 Å². The minimum absolute atomic E-state index is 0.0221. The predicted molar refractivity (Wildman–Crippen MR) is 107 cm³/mol. The molecule has 2 aliphatic rings. The topological polar surface area (TPSA) is 34.0 Å². The van der Waals surface area contributed by atoms with Crippen molar-refractivity contribution in [3.8, 4) is 0 Å². The molecule has 2 saturated heterocycles. The molecular weight excluding hydrogens is 352 g/mol. The molecular formula is C19H25N2O2S2+. The first-order valence-electron chi connectivity index (χ1n) is 8.62. The monoisotopic (exact) mass is 377 g/mol. The highest BCUT2D eigenvalue weighted by atomic mass is 32.2. The van der Waals surface area contributed by atoms with Gasteiger partial charge in [-0.3, -0.25) is 4.79 Å². The summed E-state index contributed by atoms with van der Waals surface area (Å²) in [6, 6.07) is 8.40. The van der Waals surface area contributed by atoms with Crippen molar-refractivity contribution in [3.63, 3.8) is 0 Å². The molecule has 0 atom stereocenters. The molecule has 0 bridgehead atoms. The smallest absolute Gasteiger partial charge is 0.270 e. The number of carbonyl (C=O) groups excluding carboxylic acids is 1. The third-order valence-electron chi connectivity index (χ3n) is 4.53. The van der Waals surface area contributed by atoms with Crippen molar-refractivity contribution < 1.29 is 14.4 Å². The Kier molecular flexibility index (Phi) is 5.63. The average Bonchev–Trinajstić information content (AvgIpc) is 2.83. The summed E-state index contributed by atoms with van der Waals surface area (Å²) in [6.45, 7) is 10.6. The van der Waals surface area contributed by atoms with E-state index in [0.717, 1.165) is 31.9 Å². The van der Waals surface area contributed by atoms with Crippen molar-refractivity contribution >= 4 is 40.3 Å². The maximum Gasteiger partial charge on any atom is 0.270 e. The van der Waals surface area contributed by atoms with E-state index in [9.17, 15) is 4.79 Å². The lowest BCUT2D eigenvalue weighted by Gasteiger charge is -2.27.